The molecule has 0 bridgehead atoms. The molecule has 1 aliphatic rings. The molecule has 1 atom stereocenters. The van der Waals surface area contributed by atoms with Gasteiger partial charge < -0.3 is 0 Å². The lowest BCUT2D eigenvalue weighted by atomic mass is 9.89. The maximum Gasteiger partial charge on any atom is 0.416 e. The van der Waals surface area contributed by atoms with Crippen molar-refractivity contribution < 1.29 is 18.0 Å². The highest BCUT2D eigenvalue weighted by Gasteiger charge is 2.32. The van der Waals surface area contributed by atoms with Crippen LogP contribution in [0.15, 0.2) is 30.3 Å². The van der Waals surface area contributed by atoms with Gasteiger partial charge in [0, 0.05) is 30.3 Å². The lowest BCUT2D eigenvalue weighted by molar-refractivity contribution is -0.137. The van der Waals surface area contributed by atoms with Crippen molar-refractivity contribution in [3.8, 4) is 0 Å². The van der Waals surface area contributed by atoms with Crippen LogP contribution < -0.4 is 0 Å². The number of piperidine rings is 1. The summed E-state index contributed by atoms with van der Waals surface area (Å²) < 4.78 is 38.7. The van der Waals surface area contributed by atoms with Crippen molar-refractivity contribution in [3.63, 3.8) is 0 Å². The fourth-order valence-corrected chi connectivity index (χ4v) is 3.49. The molecule has 1 aromatic carbocycles. The van der Waals surface area contributed by atoms with Gasteiger partial charge in [0.25, 0.3) is 0 Å². The van der Waals surface area contributed by atoms with Gasteiger partial charge in [-0.25, -0.2) is 0 Å². The summed E-state index contributed by atoms with van der Waals surface area (Å²) in [5.74, 6) is -0.153. The summed E-state index contributed by atoms with van der Waals surface area (Å²) in [5, 5.41) is 7.32. The van der Waals surface area contributed by atoms with E-state index in [9.17, 15) is 18.0 Å². The molecule has 0 saturated carbocycles. The number of nitrogens with zero attached hydrogens (tertiary/aromatic N) is 2. The molecule has 0 aliphatic carbocycles. The predicted molar refractivity (Wildman–Crippen MR) is 96.5 cm³/mol. The molecular weight excluding hydrogens is 355 g/mol. The Balaban J connectivity index is 1.67. The molecule has 4 nitrogen and oxygen atoms in total. The number of aromatic nitrogens is 2. The lowest BCUT2D eigenvalue weighted by Gasteiger charge is -2.31. The summed E-state index contributed by atoms with van der Waals surface area (Å²) in [5.41, 5.74) is 1.35. The number of carbonyl (C=O) groups excluding carboxylic acids is 1. The number of likely N-dealkylation sites (tertiary alicyclic amines) is 1. The lowest BCUT2D eigenvalue weighted by Crippen LogP contribution is -2.38. The molecule has 0 spiro atoms. The van der Waals surface area contributed by atoms with E-state index >= 15 is 0 Å². The van der Waals surface area contributed by atoms with Crippen molar-refractivity contribution in [2.75, 3.05) is 13.1 Å². The van der Waals surface area contributed by atoms with Crippen LogP contribution in [0.2, 0.25) is 0 Å². The van der Waals surface area contributed by atoms with Crippen LogP contribution >= 0.6 is 0 Å². The normalized spacial score (nSPS) is 18.8. The molecular formula is C20H24F3N3O. The molecule has 0 unspecified atom stereocenters. The Hall–Kier alpha value is -2.15. The molecule has 2 aromatic rings. The standard InChI is InChI=1S/C20H24F3N3O/c1-13(2)18-10-17(24-25-18)12-26-8-4-6-15(11-26)19(27)14-5-3-7-16(9-14)20(21,22)23/h3,5,7,9-10,13,15H,4,6,8,11-12H2,1-2H3,(H,24,25)/t15-/m0/s1. The van der Waals surface area contributed by atoms with Crippen LogP contribution in [0.25, 0.3) is 0 Å². The quantitative estimate of drug-likeness (QED) is 0.770. The van der Waals surface area contributed by atoms with E-state index in [-0.39, 0.29) is 17.3 Å². The average Bonchev–Trinajstić information content (AvgIpc) is 3.09. The van der Waals surface area contributed by atoms with E-state index in [1.54, 1.807) is 0 Å². The summed E-state index contributed by atoms with van der Waals surface area (Å²) in [6.45, 7) is 6.22. The third-order valence-electron chi connectivity index (χ3n) is 4.99. The number of halogens is 3. The molecule has 1 N–H and O–H groups in total. The van der Waals surface area contributed by atoms with Gasteiger partial charge >= 0.3 is 6.18 Å². The Bertz CT molecular complexity index is 798. The van der Waals surface area contributed by atoms with Gasteiger partial charge in [-0.1, -0.05) is 26.0 Å². The number of hydrogen-bond donors (Lipinski definition) is 1. The molecule has 146 valence electrons. The second kappa shape index (κ2) is 7.84. The summed E-state index contributed by atoms with van der Waals surface area (Å²) in [6, 6.07) is 6.76. The first kappa shape index (κ1) is 19.6. The fourth-order valence-electron chi connectivity index (χ4n) is 3.49. The molecule has 0 radical (unpaired) electrons. The number of ketones is 1. The summed E-state index contributed by atoms with van der Waals surface area (Å²) in [6.07, 6.45) is -2.89. The monoisotopic (exact) mass is 379 g/mol. The number of aromatic amines is 1. The number of rotatable bonds is 5. The fraction of sp³-hybridized carbons (Fsp3) is 0.500. The van der Waals surface area contributed by atoms with Crippen LogP contribution in [0.4, 0.5) is 13.2 Å². The summed E-state index contributed by atoms with van der Waals surface area (Å²) in [4.78, 5) is 14.9. The minimum Gasteiger partial charge on any atom is -0.297 e. The average molecular weight is 379 g/mol. The number of benzene rings is 1. The molecule has 2 heterocycles. The van der Waals surface area contributed by atoms with Crippen LogP contribution in [-0.2, 0) is 12.7 Å². The second-order valence-corrected chi connectivity index (χ2v) is 7.49. The molecule has 27 heavy (non-hydrogen) atoms. The SMILES string of the molecule is CC(C)c1cc(CN2CCC[C@H](C(=O)c3cccc(C(F)(F)F)c3)C2)[nH]n1. The van der Waals surface area contributed by atoms with E-state index in [0.29, 0.717) is 25.4 Å². The Morgan fingerprint density at radius 3 is 2.78 bits per heavy atom. The Morgan fingerprint density at radius 2 is 2.11 bits per heavy atom. The van der Waals surface area contributed by atoms with Crippen molar-refractivity contribution in [2.45, 2.75) is 45.3 Å². The van der Waals surface area contributed by atoms with Crippen molar-refractivity contribution in [1.82, 2.24) is 15.1 Å². The van der Waals surface area contributed by atoms with Gasteiger partial charge in [0.2, 0.25) is 0 Å². The molecule has 1 aliphatic heterocycles. The Labute approximate surface area is 156 Å². The van der Waals surface area contributed by atoms with Gasteiger partial charge in [0.05, 0.1) is 11.3 Å². The van der Waals surface area contributed by atoms with Crippen LogP contribution in [0, 0.1) is 5.92 Å². The molecule has 0 amide bonds. The first-order valence-electron chi connectivity index (χ1n) is 9.22. The van der Waals surface area contributed by atoms with Gasteiger partial charge in [-0.3, -0.25) is 14.8 Å². The van der Waals surface area contributed by atoms with E-state index in [4.69, 9.17) is 0 Å². The molecule has 1 aromatic heterocycles. The number of hydrogen-bond acceptors (Lipinski definition) is 3. The highest BCUT2D eigenvalue weighted by atomic mass is 19.4. The van der Waals surface area contributed by atoms with Crippen molar-refractivity contribution in [1.29, 1.82) is 0 Å². The van der Waals surface area contributed by atoms with Crippen LogP contribution in [0.1, 0.15) is 59.9 Å². The van der Waals surface area contributed by atoms with Crippen molar-refractivity contribution in [3.05, 3.63) is 52.8 Å². The predicted octanol–water partition coefficient (Wildman–Crippen LogP) is 4.65. The molecule has 1 fully saturated rings. The molecule has 3 rings (SSSR count). The largest absolute Gasteiger partial charge is 0.416 e. The van der Waals surface area contributed by atoms with E-state index in [0.717, 1.165) is 36.5 Å². The number of carbonyl (C=O) groups is 1. The number of H-pyrrole nitrogens is 1. The highest BCUT2D eigenvalue weighted by Crippen LogP contribution is 2.31. The number of nitrogens with one attached hydrogen (secondary N) is 1. The first-order valence-corrected chi connectivity index (χ1v) is 9.22. The Morgan fingerprint density at radius 1 is 1.33 bits per heavy atom. The third kappa shape index (κ3) is 4.77. The highest BCUT2D eigenvalue weighted by molar-refractivity contribution is 5.98. The first-order chi connectivity index (χ1) is 12.7. The van der Waals surface area contributed by atoms with Gasteiger partial charge in [-0.15, -0.1) is 0 Å². The zero-order valence-corrected chi connectivity index (χ0v) is 15.5. The van der Waals surface area contributed by atoms with Crippen LogP contribution in [-0.4, -0.2) is 34.0 Å². The smallest absolute Gasteiger partial charge is 0.297 e. The minimum atomic E-state index is -4.44. The number of Topliss-reactive ketones (excluding diaryl/α,β-unsaturated/α-hetero) is 1. The van der Waals surface area contributed by atoms with Crippen LogP contribution in [0.3, 0.4) is 0 Å². The van der Waals surface area contributed by atoms with Crippen molar-refractivity contribution in [2.24, 2.45) is 5.92 Å². The molecule has 7 heteroatoms. The van der Waals surface area contributed by atoms with E-state index in [2.05, 4.69) is 28.9 Å². The topological polar surface area (TPSA) is 49.0 Å². The summed E-state index contributed by atoms with van der Waals surface area (Å²) >= 11 is 0. The van der Waals surface area contributed by atoms with Crippen LogP contribution in [0.5, 0.6) is 0 Å². The van der Waals surface area contributed by atoms with Gasteiger partial charge in [-0.05, 0) is 43.5 Å². The van der Waals surface area contributed by atoms with Crippen molar-refractivity contribution >= 4 is 5.78 Å². The third-order valence-corrected chi connectivity index (χ3v) is 4.99. The maximum atomic E-state index is 12.9. The van der Waals surface area contributed by atoms with E-state index < -0.39 is 11.7 Å². The van der Waals surface area contributed by atoms with E-state index in [1.807, 2.05) is 6.07 Å². The minimum absolute atomic E-state index is 0.139. The zero-order chi connectivity index (χ0) is 19.6. The number of alkyl halides is 3. The van der Waals surface area contributed by atoms with Gasteiger partial charge in [-0.2, -0.15) is 18.3 Å². The van der Waals surface area contributed by atoms with Gasteiger partial charge in [0.15, 0.2) is 5.78 Å². The van der Waals surface area contributed by atoms with Gasteiger partial charge in [0.1, 0.15) is 0 Å². The Kier molecular flexibility index (Phi) is 5.69. The summed E-state index contributed by atoms with van der Waals surface area (Å²) in [7, 11) is 0. The molecule has 1 saturated heterocycles. The van der Waals surface area contributed by atoms with E-state index in [1.165, 1.54) is 12.1 Å². The zero-order valence-electron chi connectivity index (χ0n) is 15.5. The second-order valence-electron chi connectivity index (χ2n) is 7.49. The maximum absolute atomic E-state index is 12.9.